The maximum atomic E-state index is 12.4. The molecule has 2 N–H and O–H groups in total. The van der Waals surface area contributed by atoms with Crippen molar-refractivity contribution in [3.63, 3.8) is 0 Å². The second-order valence-corrected chi connectivity index (χ2v) is 6.32. The molecule has 3 aromatic rings. The van der Waals surface area contributed by atoms with Crippen molar-refractivity contribution >= 4 is 22.8 Å². The number of nitrogens with one attached hydrogen (secondary N) is 2. The number of hydrogen-bond donors (Lipinski definition) is 2. The number of hydrogen-bond acceptors (Lipinski definition) is 5. The summed E-state index contributed by atoms with van der Waals surface area (Å²) < 4.78 is 12.8. The third-order valence-electron chi connectivity index (χ3n) is 4.47. The van der Waals surface area contributed by atoms with Gasteiger partial charge >= 0.3 is 0 Å². The first kappa shape index (κ1) is 17.8. The summed E-state index contributed by atoms with van der Waals surface area (Å²) in [6.45, 7) is 2.97. The summed E-state index contributed by atoms with van der Waals surface area (Å²) in [6, 6.07) is 12.5. The van der Waals surface area contributed by atoms with Gasteiger partial charge in [-0.05, 0) is 30.3 Å². The summed E-state index contributed by atoms with van der Waals surface area (Å²) in [7, 11) is 0. The van der Waals surface area contributed by atoms with E-state index in [0.717, 1.165) is 16.9 Å². The fraction of sp³-hybridized carbons (Fsp3) is 0.250. The highest BCUT2D eigenvalue weighted by Gasteiger charge is 2.16. The number of imidazole rings is 1. The summed E-state index contributed by atoms with van der Waals surface area (Å²) in [5.41, 5.74) is 6.98. The SMILES string of the molecule is CCc1nc2ccccc2n1CC(=O)NNC(=O)c1ccc2c(c1)OCCO2. The molecule has 1 aliphatic rings. The number of nitrogens with zero attached hydrogens (tertiary/aromatic N) is 2. The van der Waals surface area contributed by atoms with Gasteiger partial charge < -0.3 is 14.0 Å². The lowest BCUT2D eigenvalue weighted by atomic mass is 10.2. The van der Waals surface area contributed by atoms with Crippen LogP contribution in [-0.4, -0.2) is 34.6 Å². The molecule has 0 spiro atoms. The molecule has 0 saturated carbocycles. The van der Waals surface area contributed by atoms with E-state index < -0.39 is 5.91 Å². The molecule has 0 atom stereocenters. The largest absolute Gasteiger partial charge is 0.486 e. The van der Waals surface area contributed by atoms with Crippen LogP contribution in [0.15, 0.2) is 42.5 Å². The Morgan fingerprint density at radius 3 is 2.68 bits per heavy atom. The molecule has 0 fully saturated rings. The molecule has 8 nitrogen and oxygen atoms in total. The van der Waals surface area contributed by atoms with E-state index in [9.17, 15) is 9.59 Å². The van der Waals surface area contributed by atoms with Crippen molar-refractivity contribution in [3.8, 4) is 11.5 Å². The molecule has 2 amide bonds. The van der Waals surface area contributed by atoms with E-state index in [4.69, 9.17) is 9.47 Å². The van der Waals surface area contributed by atoms with Crippen LogP contribution in [-0.2, 0) is 17.8 Å². The van der Waals surface area contributed by atoms with Crippen molar-refractivity contribution in [1.29, 1.82) is 0 Å². The number of ether oxygens (including phenoxy) is 2. The van der Waals surface area contributed by atoms with Crippen LogP contribution in [0.3, 0.4) is 0 Å². The number of para-hydroxylation sites is 2. The molecule has 28 heavy (non-hydrogen) atoms. The Bertz CT molecular complexity index is 1040. The summed E-state index contributed by atoms with van der Waals surface area (Å²) in [5.74, 6) is 1.16. The van der Waals surface area contributed by atoms with Gasteiger partial charge in [0.25, 0.3) is 11.8 Å². The molecule has 8 heteroatoms. The van der Waals surface area contributed by atoms with Gasteiger partial charge in [-0.3, -0.25) is 20.4 Å². The number of amides is 2. The Balaban J connectivity index is 1.42. The van der Waals surface area contributed by atoms with Crippen molar-refractivity contribution in [2.45, 2.75) is 19.9 Å². The lowest BCUT2D eigenvalue weighted by molar-refractivity contribution is -0.122. The lowest BCUT2D eigenvalue weighted by Gasteiger charge is -2.18. The van der Waals surface area contributed by atoms with E-state index in [2.05, 4.69) is 15.8 Å². The molecule has 1 aliphatic heterocycles. The molecule has 0 bridgehead atoms. The molecular weight excluding hydrogens is 360 g/mol. The van der Waals surface area contributed by atoms with E-state index in [-0.39, 0.29) is 12.5 Å². The summed E-state index contributed by atoms with van der Waals surface area (Å²) in [4.78, 5) is 29.2. The van der Waals surface area contributed by atoms with Gasteiger partial charge in [0.2, 0.25) is 0 Å². The molecule has 2 aromatic carbocycles. The van der Waals surface area contributed by atoms with Crippen molar-refractivity contribution in [1.82, 2.24) is 20.4 Å². The normalized spacial score (nSPS) is 12.6. The Morgan fingerprint density at radius 1 is 1.07 bits per heavy atom. The van der Waals surface area contributed by atoms with Gasteiger partial charge in [0, 0.05) is 12.0 Å². The minimum Gasteiger partial charge on any atom is -0.486 e. The lowest BCUT2D eigenvalue weighted by Crippen LogP contribution is -2.43. The van der Waals surface area contributed by atoms with Gasteiger partial charge in [-0.2, -0.15) is 0 Å². The predicted molar refractivity (Wildman–Crippen MR) is 102 cm³/mol. The van der Waals surface area contributed by atoms with E-state index in [1.54, 1.807) is 18.2 Å². The highest BCUT2D eigenvalue weighted by atomic mass is 16.6. The maximum Gasteiger partial charge on any atom is 0.269 e. The first-order valence-electron chi connectivity index (χ1n) is 9.08. The maximum absolute atomic E-state index is 12.4. The number of carbonyl (C=O) groups excluding carboxylic acids is 2. The number of aryl methyl sites for hydroxylation is 1. The minimum absolute atomic E-state index is 0.0606. The average molecular weight is 380 g/mol. The molecule has 4 rings (SSSR count). The minimum atomic E-state index is -0.434. The van der Waals surface area contributed by atoms with Crippen molar-refractivity contribution in [3.05, 3.63) is 53.9 Å². The third kappa shape index (κ3) is 3.48. The molecule has 0 saturated heterocycles. The van der Waals surface area contributed by atoms with Crippen molar-refractivity contribution < 1.29 is 19.1 Å². The van der Waals surface area contributed by atoms with E-state index in [0.29, 0.717) is 36.7 Å². The number of aromatic nitrogens is 2. The standard InChI is InChI=1S/C20H20N4O4/c1-2-18-21-14-5-3-4-6-15(14)24(18)12-19(25)22-23-20(26)13-7-8-16-17(11-13)28-10-9-27-16/h3-8,11H,2,9-10,12H2,1H3,(H,22,25)(H,23,26). The van der Waals surface area contributed by atoms with Gasteiger partial charge in [0.15, 0.2) is 11.5 Å². The highest BCUT2D eigenvalue weighted by Crippen LogP contribution is 2.30. The Kier molecular flexibility index (Phi) is 4.84. The van der Waals surface area contributed by atoms with E-state index >= 15 is 0 Å². The fourth-order valence-electron chi connectivity index (χ4n) is 3.14. The van der Waals surface area contributed by atoms with E-state index in [1.165, 1.54) is 0 Å². The molecule has 1 aromatic heterocycles. The monoisotopic (exact) mass is 380 g/mol. The first-order chi connectivity index (χ1) is 13.7. The van der Waals surface area contributed by atoms with Crippen LogP contribution in [0.5, 0.6) is 11.5 Å². The summed E-state index contributed by atoms with van der Waals surface area (Å²) >= 11 is 0. The van der Waals surface area contributed by atoms with Crippen LogP contribution < -0.4 is 20.3 Å². The van der Waals surface area contributed by atoms with Crippen LogP contribution in [0, 0.1) is 0 Å². The quantitative estimate of drug-likeness (QED) is 0.674. The smallest absolute Gasteiger partial charge is 0.269 e. The summed E-state index contributed by atoms with van der Waals surface area (Å²) in [5, 5.41) is 0. The number of rotatable bonds is 4. The zero-order valence-electron chi connectivity index (χ0n) is 15.4. The Hall–Kier alpha value is -3.55. The van der Waals surface area contributed by atoms with E-state index in [1.807, 2.05) is 35.8 Å². The molecule has 0 radical (unpaired) electrons. The molecule has 0 unspecified atom stereocenters. The van der Waals surface area contributed by atoms with Gasteiger partial charge in [-0.25, -0.2) is 4.98 Å². The number of benzene rings is 2. The zero-order chi connectivity index (χ0) is 19.5. The average Bonchev–Trinajstić information content (AvgIpc) is 3.09. The summed E-state index contributed by atoms with van der Waals surface area (Å²) in [6.07, 6.45) is 0.700. The van der Waals surface area contributed by atoms with Crippen molar-refractivity contribution in [2.75, 3.05) is 13.2 Å². The number of carbonyl (C=O) groups is 2. The van der Waals surface area contributed by atoms with Crippen LogP contribution in [0.4, 0.5) is 0 Å². The number of fused-ring (bicyclic) bond motifs is 2. The van der Waals surface area contributed by atoms with Crippen LogP contribution in [0.25, 0.3) is 11.0 Å². The van der Waals surface area contributed by atoms with Gasteiger partial charge in [-0.1, -0.05) is 19.1 Å². The Labute approximate surface area is 161 Å². The topological polar surface area (TPSA) is 94.5 Å². The van der Waals surface area contributed by atoms with Crippen molar-refractivity contribution in [2.24, 2.45) is 0 Å². The molecule has 144 valence electrons. The zero-order valence-corrected chi connectivity index (χ0v) is 15.4. The van der Waals surface area contributed by atoms with Gasteiger partial charge in [0.1, 0.15) is 25.6 Å². The van der Waals surface area contributed by atoms with Crippen LogP contribution in [0.2, 0.25) is 0 Å². The van der Waals surface area contributed by atoms with Crippen LogP contribution >= 0.6 is 0 Å². The molecular formula is C20H20N4O4. The second-order valence-electron chi connectivity index (χ2n) is 6.32. The fourth-order valence-corrected chi connectivity index (χ4v) is 3.14. The third-order valence-corrected chi connectivity index (χ3v) is 4.47. The van der Waals surface area contributed by atoms with Gasteiger partial charge in [-0.15, -0.1) is 0 Å². The first-order valence-corrected chi connectivity index (χ1v) is 9.08. The molecule has 2 heterocycles. The predicted octanol–water partition coefficient (Wildman–Crippen LogP) is 1.83. The highest BCUT2D eigenvalue weighted by molar-refractivity contribution is 5.96. The number of hydrazine groups is 1. The second kappa shape index (κ2) is 7.59. The van der Waals surface area contributed by atoms with Gasteiger partial charge in [0.05, 0.1) is 11.0 Å². The Morgan fingerprint density at radius 2 is 1.86 bits per heavy atom. The van der Waals surface area contributed by atoms with Crippen LogP contribution in [0.1, 0.15) is 23.1 Å². The molecule has 0 aliphatic carbocycles.